The molecule has 0 unspecified atom stereocenters. The highest BCUT2D eigenvalue weighted by molar-refractivity contribution is 6.50. The van der Waals surface area contributed by atoms with E-state index in [9.17, 15) is 0 Å². The molecule has 0 heterocycles. The van der Waals surface area contributed by atoms with Gasteiger partial charge in [-0.25, -0.2) is 0 Å². The molecule has 0 saturated carbocycles. The van der Waals surface area contributed by atoms with Gasteiger partial charge in [-0.05, 0) is 24.7 Å². The summed E-state index contributed by atoms with van der Waals surface area (Å²) in [5.74, 6) is 0. The summed E-state index contributed by atoms with van der Waals surface area (Å²) in [6.07, 6.45) is 3.19. The minimum absolute atomic E-state index is 0.289. The van der Waals surface area contributed by atoms with E-state index in [1.165, 1.54) is 0 Å². The largest absolute Gasteiger partial charge is 0.483 e. The molecule has 0 aromatic rings. The molecule has 1 atom stereocenters. The van der Waals surface area contributed by atoms with Crippen LogP contribution in [0.1, 0.15) is 19.3 Å². The first-order valence-corrected chi connectivity index (χ1v) is 3.43. The third-order valence-electron chi connectivity index (χ3n) is 1.75. The Labute approximate surface area is 60.1 Å². The van der Waals surface area contributed by atoms with Crippen LogP contribution in [-0.4, -0.2) is 28.4 Å². The molecule has 0 amide bonds. The second kappa shape index (κ2) is 3.19. The summed E-state index contributed by atoms with van der Waals surface area (Å²) in [6, 6.07) is 0. The van der Waals surface area contributed by atoms with Crippen molar-refractivity contribution in [2.45, 2.75) is 25.4 Å². The number of allylic oxidation sites excluding steroid dienone is 1. The van der Waals surface area contributed by atoms with Gasteiger partial charge >= 0.3 is 7.12 Å². The number of hydrogen-bond acceptors (Lipinski definition) is 3. The maximum Gasteiger partial charge on any atom is 0.483 e. The van der Waals surface area contributed by atoms with E-state index in [-0.39, 0.29) is 6.10 Å². The van der Waals surface area contributed by atoms with Gasteiger partial charge in [0.2, 0.25) is 0 Å². The smallest absolute Gasteiger partial charge is 0.423 e. The molecule has 1 aliphatic carbocycles. The van der Waals surface area contributed by atoms with Gasteiger partial charge in [-0.2, -0.15) is 0 Å². The van der Waals surface area contributed by atoms with Gasteiger partial charge in [-0.15, -0.1) is 0 Å². The monoisotopic (exact) mass is 142 g/mol. The van der Waals surface area contributed by atoms with Crippen molar-refractivity contribution < 1.29 is 15.2 Å². The minimum atomic E-state index is -1.33. The molecule has 0 aliphatic heterocycles. The van der Waals surface area contributed by atoms with Crippen LogP contribution < -0.4 is 0 Å². The van der Waals surface area contributed by atoms with Crippen LogP contribution in [0.25, 0.3) is 0 Å². The fourth-order valence-corrected chi connectivity index (χ4v) is 1.08. The predicted molar refractivity (Wildman–Crippen MR) is 38.1 cm³/mol. The molecule has 0 bridgehead atoms. The summed E-state index contributed by atoms with van der Waals surface area (Å²) >= 11 is 0. The normalized spacial score (nSPS) is 25.9. The zero-order chi connectivity index (χ0) is 7.56. The third-order valence-corrected chi connectivity index (χ3v) is 1.75. The summed E-state index contributed by atoms with van der Waals surface area (Å²) < 4.78 is 0. The van der Waals surface area contributed by atoms with Crippen LogP contribution in [0.3, 0.4) is 0 Å². The third kappa shape index (κ3) is 1.83. The second-order valence-corrected chi connectivity index (χ2v) is 2.58. The highest BCUT2D eigenvalue weighted by Crippen LogP contribution is 2.18. The van der Waals surface area contributed by atoms with Crippen LogP contribution >= 0.6 is 0 Å². The summed E-state index contributed by atoms with van der Waals surface area (Å²) in [4.78, 5) is 0. The Bertz CT molecular complexity index is 144. The molecule has 0 spiro atoms. The Morgan fingerprint density at radius 3 is 2.60 bits per heavy atom. The molecule has 3 nitrogen and oxygen atoms in total. The highest BCUT2D eigenvalue weighted by atomic mass is 16.4. The van der Waals surface area contributed by atoms with Gasteiger partial charge in [0.25, 0.3) is 0 Å². The lowest BCUT2D eigenvalue weighted by molar-refractivity contribution is 0.163. The molecular weight excluding hydrogens is 131 g/mol. The summed E-state index contributed by atoms with van der Waals surface area (Å²) in [6.45, 7) is 0. The van der Waals surface area contributed by atoms with Gasteiger partial charge in [-0.3, -0.25) is 0 Å². The van der Waals surface area contributed by atoms with Crippen molar-refractivity contribution in [2.24, 2.45) is 0 Å². The number of aliphatic hydroxyl groups is 1. The standard InChI is InChI=1S/C6H11BO3/c8-6-3-1-5(2-4-6)7(9)10/h1,6,8-10H,2-4H2/t6-/m1/s1. The van der Waals surface area contributed by atoms with Gasteiger partial charge in [0.1, 0.15) is 0 Å². The molecule has 0 saturated heterocycles. The fourth-order valence-electron chi connectivity index (χ4n) is 1.08. The molecule has 4 heteroatoms. The van der Waals surface area contributed by atoms with E-state index in [4.69, 9.17) is 15.2 Å². The Hall–Kier alpha value is -0.315. The molecule has 0 fully saturated rings. The van der Waals surface area contributed by atoms with E-state index >= 15 is 0 Å². The van der Waals surface area contributed by atoms with E-state index < -0.39 is 7.12 Å². The van der Waals surface area contributed by atoms with Crippen molar-refractivity contribution in [1.29, 1.82) is 0 Å². The average molecular weight is 142 g/mol. The van der Waals surface area contributed by atoms with Crippen LogP contribution in [0.4, 0.5) is 0 Å². The zero-order valence-electron chi connectivity index (χ0n) is 5.70. The van der Waals surface area contributed by atoms with Crippen LogP contribution in [0.15, 0.2) is 11.5 Å². The second-order valence-electron chi connectivity index (χ2n) is 2.58. The van der Waals surface area contributed by atoms with Crippen molar-refractivity contribution in [2.75, 3.05) is 0 Å². The summed E-state index contributed by atoms with van der Waals surface area (Å²) in [7, 11) is -1.33. The zero-order valence-corrected chi connectivity index (χ0v) is 5.70. The molecule has 10 heavy (non-hydrogen) atoms. The number of aliphatic hydroxyl groups excluding tert-OH is 1. The maximum atomic E-state index is 9.00. The Balaban J connectivity index is 2.48. The first kappa shape index (κ1) is 7.79. The van der Waals surface area contributed by atoms with E-state index in [0.29, 0.717) is 24.7 Å². The average Bonchev–Trinajstić information content (AvgIpc) is 1.88. The molecule has 56 valence electrons. The SMILES string of the molecule is OB(O)C1=CC[C@@H](O)CC1. The first-order valence-electron chi connectivity index (χ1n) is 3.43. The van der Waals surface area contributed by atoms with Crippen molar-refractivity contribution >= 4 is 7.12 Å². The molecular formula is C6H11BO3. The quantitative estimate of drug-likeness (QED) is 0.431. The first-order chi connectivity index (χ1) is 4.70. The summed E-state index contributed by atoms with van der Waals surface area (Å²) in [5.41, 5.74) is 0.630. The van der Waals surface area contributed by atoms with E-state index in [2.05, 4.69) is 0 Å². The van der Waals surface area contributed by atoms with E-state index in [1.54, 1.807) is 6.08 Å². The van der Waals surface area contributed by atoms with Crippen LogP contribution in [0.2, 0.25) is 0 Å². The topological polar surface area (TPSA) is 60.7 Å². The lowest BCUT2D eigenvalue weighted by Crippen LogP contribution is -2.21. The van der Waals surface area contributed by atoms with Gasteiger partial charge in [0, 0.05) is 0 Å². The molecule has 0 aromatic carbocycles. The van der Waals surface area contributed by atoms with Gasteiger partial charge in [0.05, 0.1) is 6.10 Å². The molecule has 1 aliphatic rings. The lowest BCUT2D eigenvalue weighted by atomic mass is 9.73. The fraction of sp³-hybridized carbons (Fsp3) is 0.667. The summed E-state index contributed by atoms with van der Waals surface area (Å²) in [5, 5.41) is 26.3. The van der Waals surface area contributed by atoms with Gasteiger partial charge in [-0.1, -0.05) is 6.08 Å². The maximum absolute atomic E-state index is 9.00. The van der Waals surface area contributed by atoms with Crippen molar-refractivity contribution in [3.63, 3.8) is 0 Å². The Kier molecular flexibility index (Phi) is 2.48. The molecule has 3 N–H and O–H groups in total. The molecule has 1 rings (SSSR count). The van der Waals surface area contributed by atoms with Crippen molar-refractivity contribution in [3.8, 4) is 0 Å². The van der Waals surface area contributed by atoms with Crippen LogP contribution in [-0.2, 0) is 0 Å². The highest BCUT2D eigenvalue weighted by Gasteiger charge is 2.19. The molecule has 0 aromatic heterocycles. The lowest BCUT2D eigenvalue weighted by Gasteiger charge is -2.16. The van der Waals surface area contributed by atoms with Gasteiger partial charge in [0.15, 0.2) is 0 Å². The van der Waals surface area contributed by atoms with Crippen LogP contribution in [0.5, 0.6) is 0 Å². The Morgan fingerprint density at radius 1 is 1.50 bits per heavy atom. The Morgan fingerprint density at radius 2 is 2.20 bits per heavy atom. The van der Waals surface area contributed by atoms with Gasteiger partial charge < -0.3 is 15.2 Å². The van der Waals surface area contributed by atoms with Crippen molar-refractivity contribution in [3.05, 3.63) is 11.5 Å². The van der Waals surface area contributed by atoms with Crippen molar-refractivity contribution in [1.82, 2.24) is 0 Å². The number of hydrogen-bond donors (Lipinski definition) is 3. The molecule has 0 radical (unpaired) electrons. The van der Waals surface area contributed by atoms with E-state index in [0.717, 1.165) is 0 Å². The number of rotatable bonds is 1. The predicted octanol–water partition coefficient (Wildman–Crippen LogP) is -0.530. The van der Waals surface area contributed by atoms with Crippen LogP contribution in [0, 0.1) is 0 Å². The van der Waals surface area contributed by atoms with E-state index in [1.807, 2.05) is 0 Å². The minimum Gasteiger partial charge on any atom is -0.423 e.